The molecule has 0 aliphatic carbocycles. The summed E-state index contributed by atoms with van der Waals surface area (Å²) in [5.74, 6) is 1.44. The summed E-state index contributed by atoms with van der Waals surface area (Å²) in [6.07, 6.45) is 0. The monoisotopic (exact) mass is 508 g/mol. The van der Waals surface area contributed by atoms with Crippen LogP contribution in [0.4, 0.5) is 5.82 Å². The summed E-state index contributed by atoms with van der Waals surface area (Å²) >= 11 is 1.40. The molecular weight excluding hydrogens is 476 g/mol. The van der Waals surface area contributed by atoms with Crippen LogP contribution in [0, 0.1) is 0 Å². The van der Waals surface area contributed by atoms with Crippen LogP contribution in [0.2, 0.25) is 0 Å². The largest absolute Gasteiger partial charge is 0.497 e. The van der Waals surface area contributed by atoms with E-state index in [4.69, 9.17) is 4.74 Å². The van der Waals surface area contributed by atoms with Gasteiger partial charge in [0.2, 0.25) is 5.91 Å². The zero-order valence-electron chi connectivity index (χ0n) is 21.0. The Morgan fingerprint density at radius 3 is 2.44 bits per heavy atom. The topological polar surface area (TPSA) is 82.1 Å². The van der Waals surface area contributed by atoms with E-state index >= 15 is 0 Å². The van der Waals surface area contributed by atoms with Crippen molar-refractivity contribution in [2.45, 2.75) is 0 Å². The molecule has 1 fully saturated rings. The average molecular weight is 509 g/mol. The van der Waals surface area contributed by atoms with Crippen LogP contribution in [-0.2, 0) is 4.79 Å². The molecule has 0 atom stereocenters. The number of carbonyl (C=O) groups excluding carboxylic acids is 2. The van der Waals surface area contributed by atoms with Crippen LogP contribution in [0.25, 0.3) is 11.3 Å². The Bertz CT molecular complexity index is 1140. The number of rotatable bonds is 9. The van der Waals surface area contributed by atoms with E-state index in [1.54, 1.807) is 18.1 Å². The van der Waals surface area contributed by atoms with E-state index in [2.05, 4.69) is 15.1 Å². The highest BCUT2D eigenvalue weighted by Gasteiger charge is 2.26. The summed E-state index contributed by atoms with van der Waals surface area (Å²) in [7, 11) is 5.56. The highest BCUT2D eigenvalue weighted by atomic mass is 32.1. The van der Waals surface area contributed by atoms with Gasteiger partial charge in [-0.1, -0.05) is 18.2 Å². The second-order valence-electron chi connectivity index (χ2n) is 8.88. The second-order valence-corrected chi connectivity index (χ2v) is 9.83. The van der Waals surface area contributed by atoms with Gasteiger partial charge in [0, 0.05) is 44.8 Å². The molecule has 0 spiro atoms. The summed E-state index contributed by atoms with van der Waals surface area (Å²) in [6, 6.07) is 15.3. The van der Waals surface area contributed by atoms with Crippen LogP contribution in [0.5, 0.6) is 5.75 Å². The van der Waals surface area contributed by atoms with Crippen molar-refractivity contribution in [1.82, 2.24) is 24.9 Å². The molecule has 1 aliphatic rings. The van der Waals surface area contributed by atoms with Crippen molar-refractivity contribution in [3.8, 4) is 17.0 Å². The number of hydrogen-bond acceptors (Lipinski definition) is 8. The fourth-order valence-electron chi connectivity index (χ4n) is 4.01. The van der Waals surface area contributed by atoms with Gasteiger partial charge in [-0.25, -0.2) is 0 Å². The first-order valence-corrected chi connectivity index (χ1v) is 12.8. The lowest BCUT2D eigenvalue weighted by atomic mass is 10.1. The summed E-state index contributed by atoms with van der Waals surface area (Å²) in [5.41, 5.74) is 1.72. The number of hydrogen-bond donors (Lipinski definition) is 0. The summed E-state index contributed by atoms with van der Waals surface area (Å²) in [4.78, 5) is 34.3. The SMILES string of the molecule is COc1cccc(-c2ccc(N3CCN(C(=O)CN(CCN(C)C)C(=O)c4cccs4)CC3)nn2)c1. The minimum absolute atomic E-state index is 0.0298. The Kier molecular flexibility index (Phi) is 8.50. The van der Waals surface area contributed by atoms with E-state index in [-0.39, 0.29) is 18.4 Å². The number of carbonyl (C=O) groups is 2. The van der Waals surface area contributed by atoms with E-state index in [1.807, 2.05) is 71.7 Å². The van der Waals surface area contributed by atoms with Gasteiger partial charge in [0.1, 0.15) is 12.3 Å². The number of likely N-dealkylation sites (N-methyl/N-ethyl adjacent to an activating group) is 1. The van der Waals surface area contributed by atoms with Crippen molar-refractivity contribution in [1.29, 1.82) is 0 Å². The number of benzene rings is 1. The van der Waals surface area contributed by atoms with Crippen molar-refractivity contribution in [3.63, 3.8) is 0 Å². The van der Waals surface area contributed by atoms with E-state index in [9.17, 15) is 9.59 Å². The van der Waals surface area contributed by atoms with E-state index in [1.165, 1.54) is 11.3 Å². The predicted molar refractivity (Wildman–Crippen MR) is 142 cm³/mol. The second kappa shape index (κ2) is 12.0. The number of amides is 2. The van der Waals surface area contributed by atoms with E-state index in [0.717, 1.165) is 22.8 Å². The Labute approximate surface area is 215 Å². The molecule has 3 aromatic rings. The Morgan fingerprint density at radius 1 is 1.00 bits per heavy atom. The molecule has 190 valence electrons. The molecule has 3 heterocycles. The first kappa shape index (κ1) is 25.6. The lowest BCUT2D eigenvalue weighted by Gasteiger charge is -2.36. The molecule has 0 bridgehead atoms. The lowest BCUT2D eigenvalue weighted by molar-refractivity contribution is -0.132. The maximum atomic E-state index is 13.1. The van der Waals surface area contributed by atoms with Crippen LogP contribution in [0.15, 0.2) is 53.9 Å². The number of nitrogens with zero attached hydrogens (tertiary/aromatic N) is 6. The van der Waals surface area contributed by atoms with Gasteiger partial charge in [0.05, 0.1) is 17.7 Å². The average Bonchev–Trinajstić information content (AvgIpc) is 3.46. The van der Waals surface area contributed by atoms with Crippen molar-refractivity contribution in [2.24, 2.45) is 0 Å². The number of ether oxygens (including phenoxy) is 1. The van der Waals surface area contributed by atoms with Crippen LogP contribution in [0.3, 0.4) is 0 Å². The van der Waals surface area contributed by atoms with E-state index in [0.29, 0.717) is 44.1 Å². The van der Waals surface area contributed by atoms with Gasteiger partial charge in [-0.05, 0) is 49.8 Å². The van der Waals surface area contributed by atoms with Crippen molar-refractivity contribution in [3.05, 3.63) is 58.8 Å². The number of aromatic nitrogens is 2. The highest BCUT2D eigenvalue weighted by Crippen LogP contribution is 2.23. The maximum absolute atomic E-state index is 13.1. The molecule has 2 aromatic heterocycles. The number of methoxy groups -OCH3 is 1. The first-order chi connectivity index (χ1) is 17.4. The molecule has 2 amide bonds. The Balaban J connectivity index is 1.34. The minimum atomic E-state index is -0.0924. The third-order valence-corrected chi connectivity index (χ3v) is 6.99. The smallest absolute Gasteiger partial charge is 0.264 e. The molecule has 1 aromatic carbocycles. The van der Waals surface area contributed by atoms with Crippen LogP contribution in [0.1, 0.15) is 9.67 Å². The highest BCUT2D eigenvalue weighted by molar-refractivity contribution is 7.12. The van der Waals surface area contributed by atoms with Crippen molar-refractivity contribution in [2.75, 3.05) is 71.9 Å². The molecule has 4 rings (SSSR count). The zero-order valence-corrected chi connectivity index (χ0v) is 21.8. The van der Waals surface area contributed by atoms with Gasteiger partial charge in [-0.3, -0.25) is 9.59 Å². The standard InChI is InChI=1S/C26H32N6O3S/c1-29(2)11-12-32(26(34)23-8-5-17-36-23)19-25(33)31-15-13-30(14-16-31)24-10-9-22(27-28-24)20-6-4-7-21(18-20)35-3/h4-10,17-18H,11-16,19H2,1-3H3. The number of anilines is 1. The summed E-state index contributed by atoms with van der Waals surface area (Å²) in [6.45, 7) is 3.76. The minimum Gasteiger partial charge on any atom is -0.497 e. The quantitative estimate of drug-likeness (QED) is 0.439. The summed E-state index contributed by atoms with van der Waals surface area (Å²) < 4.78 is 5.29. The summed E-state index contributed by atoms with van der Waals surface area (Å²) in [5, 5.41) is 10.7. The fourth-order valence-corrected chi connectivity index (χ4v) is 4.70. The van der Waals surface area contributed by atoms with Gasteiger partial charge in [-0.2, -0.15) is 0 Å². The number of thiophene rings is 1. The van der Waals surface area contributed by atoms with Gasteiger partial charge in [0.15, 0.2) is 5.82 Å². The van der Waals surface area contributed by atoms with Gasteiger partial charge < -0.3 is 24.3 Å². The fraction of sp³-hybridized carbons (Fsp3) is 0.385. The van der Waals surface area contributed by atoms with Gasteiger partial charge >= 0.3 is 0 Å². The lowest BCUT2D eigenvalue weighted by Crippen LogP contribution is -2.52. The molecule has 0 radical (unpaired) electrons. The third-order valence-electron chi connectivity index (χ3n) is 6.13. The third kappa shape index (κ3) is 6.38. The normalized spacial score (nSPS) is 13.7. The molecule has 1 saturated heterocycles. The molecule has 0 N–H and O–H groups in total. The maximum Gasteiger partial charge on any atom is 0.264 e. The molecule has 36 heavy (non-hydrogen) atoms. The molecule has 0 unspecified atom stereocenters. The van der Waals surface area contributed by atoms with Crippen molar-refractivity contribution < 1.29 is 14.3 Å². The Morgan fingerprint density at radius 2 is 1.81 bits per heavy atom. The van der Waals surface area contributed by atoms with Crippen LogP contribution in [-0.4, -0.2) is 104 Å². The molecule has 0 saturated carbocycles. The molecule has 9 nitrogen and oxygen atoms in total. The van der Waals surface area contributed by atoms with Gasteiger partial charge in [-0.15, -0.1) is 21.5 Å². The van der Waals surface area contributed by atoms with Gasteiger partial charge in [0.25, 0.3) is 5.91 Å². The molecular formula is C26H32N6O3S. The Hall–Kier alpha value is -3.50. The molecule has 1 aliphatic heterocycles. The number of piperazine rings is 1. The van der Waals surface area contributed by atoms with Crippen LogP contribution >= 0.6 is 11.3 Å². The van der Waals surface area contributed by atoms with Crippen molar-refractivity contribution >= 4 is 29.0 Å². The predicted octanol–water partition coefficient (Wildman–Crippen LogP) is 2.57. The van der Waals surface area contributed by atoms with Crippen LogP contribution < -0.4 is 9.64 Å². The zero-order chi connectivity index (χ0) is 25.5. The molecule has 10 heteroatoms. The van der Waals surface area contributed by atoms with E-state index < -0.39 is 0 Å². The first-order valence-electron chi connectivity index (χ1n) is 11.9.